The van der Waals surface area contributed by atoms with Crippen LogP contribution in [0.15, 0.2) is 11.6 Å². The van der Waals surface area contributed by atoms with Crippen LogP contribution in [0, 0.1) is 68.0 Å². The van der Waals surface area contributed by atoms with Crippen molar-refractivity contribution in [2.45, 2.75) is 92.9 Å². The van der Waals surface area contributed by atoms with E-state index in [9.17, 15) is 19.6 Å². The predicted molar refractivity (Wildman–Crippen MR) is 136 cm³/mol. The van der Waals surface area contributed by atoms with Crippen LogP contribution in [0.1, 0.15) is 92.9 Å². The van der Waals surface area contributed by atoms with E-state index in [4.69, 9.17) is 4.74 Å². The van der Waals surface area contributed by atoms with Crippen molar-refractivity contribution in [2.75, 3.05) is 7.11 Å². The van der Waals surface area contributed by atoms with Gasteiger partial charge in [-0.3, -0.25) is 14.4 Å². The highest BCUT2D eigenvalue weighted by Gasteiger charge is 2.70. The summed E-state index contributed by atoms with van der Waals surface area (Å²) in [6.45, 7) is 13.4. The first-order valence-corrected chi connectivity index (χ1v) is 14.0. The van der Waals surface area contributed by atoms with Crippen molar-refractivity contribution in [3.63, 3.8) is 0 Å². The van der Waals surface area contributed by atoms with Crippen molar-refractivity contribution in [1.82, 2.24) is 0 Å². The molecule has 0 radical (unpaired) electrons. The molecule has 0 amide bonds. The van der Waals surface area contributed by atoms with E-state index in [0.29, 0.717) is 6.42 Å². The molecule has 0 bridgehead atoms. The summed E-state index contributed by atoms with van der Waals surface area (Å²) in [4.78, 5) is 40.6. The van der Waals surface area contributed by atoms with Crippen molar-refractivity contribution in [3.8, 4) is 6.07 Å². The highest BCUT2D eigenvalue weighted by Crippen LogP contribution is 2.74. The van der Waals surface area contributed by atoms with Gasteiger partial charge in [0.2, 0.25) is 0 Å². The van der Waals surface area contributed by atoms with Gasteiger partial charge in [-0.2, -0.15) is 5.26 Å². The minimum Gasteiger partial charge on any atom is -0.469 e. The van der Waals surface area contributed by atoms with Crippen LogP contribution in [0.2, 0.25) is 0 Å². The maximum absolute atomic E-state index is 14.3. The summed E-state index contributed by atoms with van der Waals surface area (Å²) in [5.41, 5.74) is -0.146. The summed E-state index contributed by atoms with van der Waals surface area (Å²) in [7, 11) is 1.49. The molecule has 9 atom stereocenters. The van der Waals surface area contributed by atoms with Crippen LogP contribution in [0.4, 0.5) is 0 Å². The average Bonchev–Trinajstić information content (AvgIpc) is 2.82. The second kappa shape index (κ2) is 7.78. The molecule has 0 spiro atoms. The fraction of sp³-hybridized carbons (Fsp3) is 0.806. The lowest BCUT2D eigenvalue weighted by atomic mass is 9.34. The number of esters is 1. The van der Waals surface area contributed by atoms with Crippen molar-refractivity contribution in [2.24, 2.45) is 56.7 Å². The first kappa shape index (κ1) is 25.7. The number of carbonyl (C=O) groups is 3. The van der Waals surface area contributed by atoms with Gasteiger partial charge in [0, 0.05) is 11.8 Å². The molecule has 196 valence electrons. The number of nitriles is 1. The number of ketones is 2. The Morgan fingerprint density at radius 3 is 2.31 bits per heavy atom. The molecule has 4 saturated carbocycles. The minimum atomic E-state index is -0.609. The number of allylic oxidation sites excluding steroid dienone is 2. The van der Waals surface area contributed by atoms with E-state index >= 15 is 0 Å². The van der Waals surface area contributed by atoms with E-state index in [-0.39, 0.29) is 62.9 Å². The highest BCUT2D eigenvalue weighted by atomic mass is 16.5. The zero-order chi connectivity index (χ0) is 26.5. The number of hydrogen-bond donors (Lipinski definition) is 0. The SMILES string of the molecule is COC(=O)C12CCC(C)(C)CC1C1C(=O)C=C3C4(C)CC(C#N)C(=O)C(C)C4CCC3(C)C1(C)CC2. The molecule has 0 heterocycles. The summed E-state index contributed by atoms with van der Waals surface area (Å²) in [6, 6.07) is 2.28. The number of hydrogen-bond acceptors (Lipinski definition) is 5. The lowest BCUT2D eigenvalue weighted by Crippen LogP contribution is -2.65. The molecule has 5 aliphatic carbocycles. The quantitative estimate of drug-likeness (QED) is 0.414. The molecule has 0 aromatic carbocycles. The van der Waals surface area contributed by atoms with Crippen LogP contribution in [0.5, 0.6) is 0 Å². The van der Waals surface area contributed by atoms with Gasteiger partial charge in [0.1, 0.15) is 5.92 Å². The third-order valence-corrected chi connectivity index (χ3v) is 12.5. The molecule has 5 heteroatoms. The Kier molecular flexibility index (Phi) is 5.55. The Hall–Kier alpha value is -1.96. The Morgan fingerprint density at radius 1 is 1.00 bits per heavy atom. The molecule has 0 saturated heterocycles. The molecule has 5 nitrogen and oxygen atoms in total. The second-order valence-electron chi connectivity index (χ2n) is 14.4. The molecule has 0 N–H and O–H groups in total. The van der Waals surface area contributed by atoms with E-state index in [1.54, 1.807) is 0 Å². The Morgan fingerprint density at radius 2 is 1.67 bits per heavy atom. The largest absolute Gasteiger partial charge is 0.469 e. The highest BCUT2D eigenvalue weighted by molar-refractivity contribution is 5.96. The van der Waals surface area contributed by atoms with Gasteiger partial charge >= 0.3 is 5.97 Å². The number of nitrogens with zero attached hydrogens (tertiary/aromatic N) is 1. The van der Waals surface area contributed by atoms with Crippen LogP contribution in [-0.2, 0) is 19.1 Å². The molecule has 4 fully saturated rings. The van der Waals surface area contributed by atoms with Crippen molar-refractivity contribution in [1.29, 1.82) is 5.26 Å². The molecule has 0 aromatic heterocycles. The number of ether oxygens (including phenoxy) is 1. The third-order valence-electron chi connectivity index (χ3n) is 12.5. The maximum atomic E-state index is 14.3. The van der Waals surface area contributed by atoms with Crippen LogP contribution in [0.25, 0.3) is 0 Å². The lowest BCUT2D eigenvalue weighted by molar-refractivity contribution is -0.191. The number of fused-ring (bicyclic) bond motifs is 7. The molecule has 0 aromatic rings. The summed E-state index contributed by atoms with van der Waals surface area (Å²) >= 11 is 0. The van der Waals surface area contributed by atoms with Gasteiger partial charge in [-0.25, -0.2) is 0 Å². The first-order valence-electron chi connectivity index (χ1n) is 14.0. The van der Waals surface area contributed by atoms with Crippen LogP contribution < -0.4 is 0 Å². The lowest BCUT2D eigenvalue weighted by Gasteiger charge is -2.68. The van der Waals surface area contributed by atoms with E-state index in [0.717, 1.165) is 44.9 Å². The number of methoxy groups -OCH3 is 1. The number of Topliss-reactive ketones (excluding diaryl/α,β-unsaturated/α-hetero) is 1. The van der Waals surface area contributed by atoms with E-state index in [1.807, 2.05) is 13.0 Å². The zero-order valence-corrected chi connectivity index (χ0v) is 23.2. The second-order valence-corrected chi connectivity index (χ2v) is 14.4. The van der Waals surface area contributed by atoms with Gasteiger partial charge in [0.15, 0.2) is 11.6 Å². The van der Waals surface area contributed by atoms with Crippen molar-refractivity contribution < 1.29 is 19.1 Å². The summed E-state index contributed by atoms with van der Waals surface area (Å²) in [6.07, 6.45) is 8.51. The van der Waals surface area contributed by atoms with Gasteiger partial charge in [-0.15, -0.1) is 0 Å². The summed E-state index contributed by atoms with van der Waals surface area (Å²) in [5.74, 6) is -0.772. The van der Waals surface area contributed by atoms with Gasteiger partial charge in [0.05, 0.1) is 18.6 Å². The Balaban J connectivity index is 1.66. The number of rotatable bonds is 1. The van der Waals surface area contributed by atoms with Gasteiger partial charge in [0.25, 0.3) is 0 Å². The van der Waals surface area contributed by atoms with Gasteiger partial charge in [-0.05, 0) is 90.9 Å². The summed E-state index contributed by atoms with van der Waals surface area (Å²) in [5, 5.41) is 9.82. The van der Waals surface area contributed by atoms with E-state index in [2.05, 4.69) is 40.7 Å². The predicted octanol–water partition coefficient (Wildman–Crippen LogP) is 6.07. The van der Waals surface area contributed by atoms with Gasteiger partial charge < -0.3 is 4.74 Å². The zero-order valence-electron chi connectivity index (χ0n) is 23.2. The fourth-order valence-corrected chi connectivity index (χ4v) is 10.2. The van der Waals surface area contributed by atoms with Gasteiger partial charge in [-0.1, -0.05) is 47.1 Å². The number of carbonyl (C=O) groups excluding carboxylic acids is 3. The molecule has 36 heavy (non-hydrogen) atoms. The molecule has 9 unspecified atom stereocenters. The average molecular weight is 494 g/mol. The van der Waals surface area contributed by atoms with Crippen molar-refractivity contribution >= 4 is 17.5 Å². The summed E-state index contributed by atoms with van der Waals surface area (Å²) < 4.78 is 5.40. The van der Waals surface area contributed by atoms with E-state index < -0.39 is 11.3 Å². The maximum Gasteiger partial charge on any atom is 0.312 e. The standard InChI is InChI=1S/C31H43NO4/c1-18-20-8-9-29(5)23(28(20,4)15-19(17-32)25(18)34)14-22(33)24-21-16-27(2,3)10-12-31(21,26(35)36-7)13-11-30(24,29)6/h14,18-21,24H,8-13,15-16H2,1-7H3. The topological polar surface area (TPSA) is 84.2 Å². The Labute approximate surface area is 216 Å². The normalized spacial score (nSPS) is 49.4. The van der Waals surface area contributed by atoms with Crippen LogP contribution >= 0.6 is 0 Å². The Bertz CT molecular complexity index is 1100. The third kappa shape index (κ3) is 3.02. The molecule has 5 aliphatic rings. The monoisotopic (exact) mass is 493 g/mol. The minimum absolute atomic E-state index is 0.0289. The molecule has 5 rings (SSSR count). The molecule has 0 aliphatic heterocycles. The molecular formula is C31H43NO4. The van der Waals surface area contributed by atoms with Crippen LogP contribution in [0.3, 0.4) is 0 Å². The fourth-order valence-electron chi connectivity index (χ4n) is 10.2. The smallest absolute Gasteiger partial charge is 0.312 e. The molecular weight excluding hydrogens is 450 g/mol. The van der Waals surface area contributed by atoms with E-state index in [1.165, 1.54) is 12.7 Å². The van der Waals surface area contributed by atoms with Crippen molar-refractivity contribution in [3.05, 3.63) is 11.6 Å². The van der Waals surface area contributed by atoms with Crippen LogP contribution in [-0.4, -0.2) is 24.6 Å². The first-order chi connectivity index (χ1) is 16.7.